The van der Waals surface area contributed by atoms with Crippen LogP contribution in [0.25, 0.3) is 0 Å². The highest BCUT2D eigenvalue weighted by Crippen LogP contribution is 2.37. The number of nitrogens with zero attached hydrogens (tertiary/aromatic N) is 2. The number of hydrogen-bond donors (Lipinski definition) is 2. The van der Waals surface area contributed by atoms with Crippen molar-refractivity contribution in [2.24, 2.45) is 0 Å². The molecule has 0 atom stereocenters. The first-order valence-corrected chi connectivity index (χ1v) is 7.28. The normalized spacial score (nSPS) is 14.4. The van der Waals surface area contributed by atoms with Gasteiger partial charge < -0.3 is 5.32 Å². The molecule has 1 aliphatic carbocycles. The SMILES string of the molecule is O=C(Nc1ccc(Cl)cc1I)c1n[nH]c(C2CC2)n1. The fraction of sp³-hybridized carbons (Fsp3) is 0.250. The van der Waals surface area contributed by atoms with Gasteiger partial charge in [0, 0.05) is 14.5 Å². The Bertz CT molecular complexity index is 638. The van der Waals surface area contributed by atoms with E-state index in [0.29, 0.717) is 16.6 Å². The molecule has 5 nitrogen and oxygen atoms in total. The molecule has 1 aromatic heterocycles. The van der Waals surface area contributed by atoms with Crippen LogP contribution in [0.5, 0.6) is 0 Å². The summed E-state index contributed by atoms with van der Waals surface area (Å²) in [5.74, 6) is 1.11. The number of amides is 1. The van der Waals surface area contributed by atoms with Gasteiger partial charge in [-0.25, -0.2) is 4.98 Å². The van der Waals surface area contributed by atoms with Gasteiger partial charge in [0.1, 0.15) is 5.82 Å². The third kappa shape index (κ3) is 2.89. The van der Waals surface area contributed by atoms with Gasteiger partial charge in [0.2, 0.25) is 5.82 Å². The molecule has 7 heteroatoms. The Morgan fingerprint density at radius 2 is 2.26 bits per heavy atom. The second kappa shape index (κ2) is 5.09. The van der Waals surface area contributed by atoms with Crippen LogP contribution in [-0.4, -0.2) is 21.1 Å². The quantitative estimate of drug-likeness (QED) is 0.793. The Balaban J connectivity index is 1.76. The number of H-pyrrole nitrogens is 1. The number of benzene rings is 1. The summed E-state index contributed by atoms with van der Waals surface area (Å²) in [6, 6.07) is 5.27. The Hall–Kier alpha value is -1.15. The van der Waals surface area contributed by atoms with Crippen molar-refractivity contribution < 1.29 is 4.79 Å². The number of hydrogen-bond acceptors (Lipinski definition) is 3. The molecule has 1 aromatic carbocycles. The van der Waals surface area contributed by atoms with E-state index >= 15 is 0 Å². The topological polar surface area (TPSA) is 70.7 Å². The third-order valence-electron chi connectivity index (χ3n) is 2.85. The minimum absolute atomic E-state index is 0.174. The second-order valence-corrected chi connectivity index (χ2v) is 6.00. The number of carbonyl (C=O) groups is 1. The lowest BCUT2D eigenvalue weighted by Crippen LogP contribution is -2.14. The van der Waals surface area contributed by atoms with Crippen molar-refractivity contribution in [3.05, 3.63) is 38.4 Å². The third-order valence-corrected chi connectivity index (χ3v) is 3.98. The molecule has 1 saturated carbocycles. The summed E-state index contributed by atoms with van der Waals surface area (Å²) < 4.78 is 0.872. The van der Waals surface area contributed by atoms with Crippen molar-refractivity contribution in [3.63, 3.8) is 0 Å². The van der Waals surface area contributed by atoms with E-state index in [-0.39, 0.29) is 11.7 Å². The molecule has 0 saturated heterocycles. The van der Waals surface area contributed by atoms with Gasteiger partial charge in [0.15, 0.2) is 0 Å². The highest BCUT2D eigenvalue weighted by atomic mass is 127. The van der Waals surface area contributed by atoms with Crippen molar-refractivity contribution >= 4 is 45.8 Å². The number of anilines is 1. The van der Waals surface area contributed by atoms with Crippen LogP contribution in [0.4, 0.5) is 5.69 Å². The van der Waals surface area contributed by atoms with Gasteiger partial charge in [-0.15, -0.1) is 5.10 Å². The molecule has 0 spiro atoms. The van der Waals surface area contributed by atoms with E-state index in [2.05, 4.69) is 43.1 Å². The van der Waals surface area contributed by atoms with Crippen molar-refractivity contribution in [1.29, 1.82) is 0 Å². The molecule has 1 heterocycles. The van der Waals surface area contributed by atoms with Crippen LogP contribution in [0, 0.1) is 3.57 Å². The van der Waals surface area contributed by atoms with Crippen molar-refractivity contribution in [2.75, 3.05) is 5.32 Å². The van der Waals surface area contributed by atoms with Gasteiger partial charge in [-0.1, -0.05) is 11.6 Å². The van der Waals surface area contributed by atoms with Crippen molar-refractivity contribution in [2.45, 2.75) is 18.8 Å². The molecule has 19 heavy (non-hydrogen) atoms. The maximum absolute atomic E-state index is 12.0. The molecule has 1 fully saturated rings. The van der Waals surface area contributed by atoms with E-state index in [9.17, 15) is 4.79 Å². The minimum Gasteiger partial charge on any atom is -0.318 e. The molecular weight excluding hydrogens is 379 g/mol. The average Bonchev–Trinajstić information content (AvgIpc) is 3.10. The molecule has 3 rings (SSSR count). The standard InChI is InChI=1S/C12H10ClIN4O/c13-7-3-4-9(8(14)5-7)15-12(19)11-16-10(17-18-11)6-1-2-6/h3-6H,1-2H2,(H,15,19)(H,16,17,18). The Morgan fingerprint density at radius 1 is 1.47 bits per heavy atom. The van der Waals surface area contributed by atoms with Gasteiger partial charge in [0.05, 0.1) is 5.69 Å². The van der Waals surface area contributed by atoms with Crippen LogP contribution in [0.2, 0.25) is 5.02 Å². The molecule has 1 amide bonds. The minimum atomic E-state index is -0.316. The molecule has 0 radical (unpaired) electrons. The van der Waals surface area contributed by atoms with Crippen molar-refractivity contribution in [3.8, 4) is 0 Å². The summed E-state index contributed by atoms with van der Waals surface area (Å²) in [7, 11) is 0. The molecule has 0 bridgehead atoms. The van der Waals surface area contributed by atoms with E-state index in [1.807, 2.05) is 0 Å². The number of rotatable bonds is 3. The average molecular weight is 389 g/mol. The summed E-state index contributed by atoms with van der Waals surface area (Å²) in [4.78, 5) is 16.2. The molecule has 1 aliphatic rings. The number of aromatic amines is 1. The monoisotopic (exact) mass is 388 g/mol. The Labute approximate surface area is 128 Å². The zero-order valence-corrected chi connectivity index (χ0v) is 12.7. The van der Waals surface area contributed by atoms with E-state index in [4.69, 9.17) is 11.6 Å². The summed E-state index contributed by atoms with van der Waals surface area (Å²) in [5, 5.41) is 10.2. The maximum atomic E-state index is 12.0. The van der Waals surface area contributed by atoms with Gasteiger partial charge >= 0.3 is 0 Å². The fourth-order valence-corrected chi connectivity index (χ4v) is 2.69. The molecule has 98 valence electrons. The summed E-state index contributed by atoms with van der Waals surface area (Å²) >= 11 is 7.99. The van der Waals surface area contributed by atoms with Crippen LogP contribution in [0.1, 0.15) is 35.2 Å². The number of aromatic nitrogens is 3. The number of nitrogens with one attached hydrogen (secondary N) is 2. The van der Waals surface area contributed by atoms with Gasteiger partial charge in [-0.2, -0.15) is 0 Å². The summed E-state index contributed by atoms with van der Waals surface area (Å²) in [6.45, 7) is 0. The van der Waals surface area contributed by atoms with Crippen LogP contribution in [-0.2, 0) is 0 Å². The summed E-state index contributed by atoms with van der Waals surface area (Å²) in [6.07, 6.45) is 2.23. The molecular formula is C12H10ClIN4O. The van der Waals surface area contributed by atoms with Crippen LogP contribution < -0.4 is 5.32 Å². The second-order valence-electron chi connectivity index (χ2n) is 4.40. The molecule has 0 unspecified atom stereocenters. The Morgan fingerprint density at radius 3 is 2.95 bits per heavy atom. The predicted molar refractivity (Wildman–Crippen MR) is 80.5 cm³/mol. The largest absolute Gasteiger partial charge is 0.318 e. The van der Waals surface area contributed by atoms with Crippen LogP contribution in [0.15, 0.2) is 18.2 Å². The van der Waals surface area contributed by atoms with E-state index in [0.717, 1.165) is 22.2 Å². The van der Waals surface area contributed by atoms with Gasteiger partial charge in [0.25, 0.3) is 5.91 Å². The van der Waals surface area contributed by atoms with E-state index in [1.54, 1.807) is 18.2 Å². The zero-order chi connectivity index (χ0) is 13.4. The molecule has 0 aliphatic heterocycles. The van der Waals surface area contributed by atoms with E-state index < -0.39 is 0 Å². The Kier molecular flexibility index (Phi) is 3.44. The number of carbonyl (C=O) groups excluding carboxylic acids is 1. The molecule has 2 N–H and O–H groups in total. The lowest BCUT2D eigenvalue weighted by molar-refractivity contribution is 0.101. The highest BCUT2D eigenvalue weighted by molar-refractivity contribution is 14.1. The van der Waals surface area contributed by atoms with Gasteiger partial charge in [-0.05, 0) is 53.6 Å². The lowest BCUT2D eigenvalue weighted by atomic mass is 10.3. The van der Waals surface area contributed by atoms with Crippen molar-refractivity contribution in [1.82, 2.24) is 15.2 Å². The van der Waals surface area contributed by atoms with Crippen LogP contribution in [0.3, 0.4) is 0 Å². The lowest BCUT2D eigenvalue weighted by Gasteiger charge is -2.05. The first-order valence-electron chi connectivity index (χ1n) is 5.82. The maximum Gasteiger partial charge on any atom is 0.295 e. The van der Waals surface area contributed by atoms with Gasteiger partial charge in [-0.3, -0.25) is 9.89 Å². The highest BCUT2D eigenvalue weighted by Gasteiger charge is 2.28. The predicted octanol–water partition coefficient (Wildman–Crippen LogP) is 3.19. The summed E-state index contributed by atoms with van der Waals surface area (Å²) in [5.41, 5.74) is 0.702. The van der Waals surface area contributed by atoms with E-state index in [1.165, 1.54) is 0 Å². The number of halogens is 2. The fourth-order valence-electron chi connectivity index (χ4n) is 1.68. The van der Waals surface area contributed by atoms with Crippen LogP contribution >= 0.6 is 34.2 Å². The smallest absolute Gasteiger partial charge is 0.295 e. The first-order chi connectivity index (χ1) is 9.13. The first kappa shape index (κ1) is 12.9. The zero-order valence-electron chi connectivity index (χ0n) is 9.78. The molecule has 2 aromatic rings.